The Bertz CT molecular complexity index is 456. The highest BCUT2D eigenvalue weighted by Gasteiger charge is 2.32. The Morgan fingerprint density at radius 1 is 1.00 bits per heavy atom. The maximum atomic E-state index is 12.4. The van der Waals surface area contributed by atoms with E-state index in [1.54, 1.807) is 0 Å². The molecule has 0 aromatic rings. The second kappa shape index (κ2) is 4.69. The van der Waals surface area contributed by atoms with Crippen LogP contribution in [-0.2, 0) is 14.3 Å². The molecule has 18 heavy (non-hydrogen) atoms. The molecule has 0 N–H and O–H groups in total. The zero-order chi connectivity index (χ0) is 12.5. The zero-order valence-electron chi connectivity index (χ0n) is 10.4. The van der Waals surface area contributed by atoms with Crippen LogP contribution in [0.3, 0.4) is 0 Å². The molecule has 0 aromatic carbocycles. The largest absolute Gasteiger partial charge is 0.378 e. The second-order valence-corrected chi connectivity index (χ2v) is 4.99. The normalized spacial score (nSPS) is 25.1. The fraction of sp³-hybridized carbons (Fsp3) is 0.571. The number of allylic oxidation sites excluding steroid dienone is 3. The van der Waals surface area contributed by atoms with E-state index in [-0.39, 0.29) is 11.6 Å². The Kier molecular flexibility index (Phi) is 3.04. The van der Waals surface area contributed by atoms with Crippen LogP contribution in [0.2, 0.25) is 0 Å². The van der Waals surface area contributed by atoms with E-state index in [4.69, 9.17) is 4.74 Å². The molecule has 0 atom stereocenters. The Hall–Kier alpha value is -1.42. The molecule has 1 aliphatic heterocycles. The van der Waals surface area contributed by atoms with E-state index in [0.29, 0.717) is 32.0 Å². The van der Waals surface area contributed by atoms with Crippen LogP contribution in [0.5, 0.6) is 0 Å². The van der Waals surface area contributed by atoms with E-state index in [1.165, 1.54) is 6.08 Å². The first-order chi connectivity index (χ1) is 8.77. The molecule has 1 heterocycles. The van der Waals surface area contributed by atoms with Crippen molar-refractivity contribution in [3.05, 3.63) is 22.9 Å². The molecule has 96 valence electrons. The Balaban J connectivity index is 1.89. The van der Waals surface area contributed by atoms with Gasteiger partial charge in [0.15, 0.2) is 5.78 Å². The van der Waals surface area contributed by atoms with Crippen molar-refractivity contribution in [2.24, 2.45) is 0 Å². The Morgan fingerprint density at radius 2 is 1.67 bits per heavy atom. The number of nitrogens with zero attached hydrogens (tertiary/aromatic N) is 1. The van der Waals surface area contributed by atoms with Crippen molar-refractivity contribution < 1.29 is 14.3 Å². The monoisotopic (exact) mass is 247 g/mol. The lowest BCUT2D eigenvalue weighted by molar-refractivity contribution is -0.118. The quantitative estimate of drug-likeness (QED) is 0.654. The summed E-state index contributed by atoms with van der Waals surface area (Å²) in [7, 11) is 0. The van der Waals surface area contributed by atoms with Gasteiger partial charge in [0, 0.05) is 30.3 Å². The van der Waals surface area contributed by atoms with Crippen molar-refractivity contribution in [1.29, 1.82) is 0 Å². The smallest absolute Gasteiger partial charge is 0.205 e. The number of hydrogen-bond donors (Lipinski definition) is 0. The molecular formula is C14H17NO3. The summed E-state index contributed by atoms with van der Waals surface area (Å²) >= 11 is 0. The highest BCUT2D eigenvalue weighted by atomic mass is 16.5. The molecule has 2 aliphatic carbocycles. The molecule has 1 saturated heterocycles. The number of carbonyl (C=O) groups is 2. The van der Waals surface area contributed by atoms with Crippen molar-refractivity contribution in [3.63, 3.8) is 0 Å². The van der Waals surface area contributed by atoms with E-state index in [2.05, 4.69) is 0 Å². The van der Waals surface area contributed by atoms with E-state index >= 15 is 0 Å². The highest BCUT2D eigenvalue weighted by Crippen LogP contribution is 2.32. The fourth-order valence-electron chi connectivity index (χ4n) is 2.90. The predicted octanol–water partition coefficient (Wildman–Crippen LogP) is 1.22. The molecule has 1 fully saturated rings. The first-order valence-corrected chi connectivity index (χ1v) is 6.63. The average Bonchev–Trinajstić information content (AvgIpc) is 2.44. The Labute approximate surface area is 106 Å². The number of carbonyl (C=O) groups excluding carboxylic acids is 2. The minimum absolute atomic E-state index is 0.0470. The lowest BCUT2D eigenvalue weighted by Gasteiger charge is -2.33. The van der Waals surface area contributed by atoms with E-state index < -0.39 is 0 Å². The summed E-state index contributed by atoms with van der Waals surface area (Å²) in [4.78, 5) is 26.5. The van der Waals surface area contributed by atoms with Crippen LogP contribution in [0.15, 0.2) is 22.9 Å². The standard InChI is InChI=1S/C14H17NO3/c16-13-9-12(15-5-7-18-8-6-15)14(17)11-4-2-1-3-10(11)13/h9H,1-8H2. The molecule has 3 aliphatic rings. The SMILES string of the molecule is O=C1C=C(N2CCOCC2)C(=O)C2=C1CCCC2. The van der Waals surface area contributed by atoms with Gasteiger partial charge in [0.25, 0.3) is 0 Å². The van der Waals surface area contributed by atoms with Gasteiger partial charge in [-0.15, -0.1) is 0 Å². The minimum Gasteiger partial charge on any atom is -0.378 e. The van der Waals surface area contributed by atoms with Gasteiger partial charge in [0.1, 0.15) is 0 Å². The van der Waals surface area contributed by atoms with Crippen LogP contribution < -0.4 is 0 Å². The molecule has 0 unspecified atom stereocenters. The van der Waals surface area contributed by atoms with Crippen LogP contribution in [-0.4, -0.2) is 42.8 Å². The third-order valence-corrected chi connectivity index (χ3v) is 3.89. The zero-order valence-corrected chi connectivity index (χ0v) is 10.4. The molecule has 0 aromatic heterocycles. The summed E-state index contributed by atoms with van der Waals surface area (Å²) in [5, 5.41) is 0. The van der Waals surface area contributed by atoms with E-state index in [9.17, 15) is 9.59 Å². The van der Waals surface area contributed by atoms with Crippen LogP contribution in [0.25, 0.3) is 0 Å². The summed E-state index contributed by atoms with van der Waals surface area (Å²) in [5.41, 5.74) is 2.13. The lowest BCUT2D eigenvalue weighted by Crippen LogP contribution is -2.40. The van der Waals surface area contributed by atoms with Crippen LogP contribution in [0.4, 0.5) is 0 Å². The van der Waals surface area contributed by atoms with E-state index in [0.717, 1.165) is 36.8 Å². The molecule has 0 bridgehead atoms. The number of Topliss-reactive ketones (excluding diaryl/α,β-unsaturated/α-hetero) is 1. The average molecular weight is 247 g/mol. The van der Waals surface area contributed by atoms with Crippen molar-refractivity contribution in [2.75, 3.05) is 26.3 Å². The third-order valence-electron chi connectivity index (χ3n) is 3.89. The maximum Gasteiger partial charge on any atom is 0.205 e. The van der Waals surface area contributed by atoms with Gasteiger partial charge < -0.3 is 9.64 Å². The molecule has 3 rings (SSSR count). The number of ether oxygens (including phenoxy) is 1. The van der Waals surface area contributed by atoms with Gasteiger partial charge in [-0.05, 0) is 25.7 Å². The molecule has 4 nitrogen and oxygen atoms in total. The van der Waals surface area contributed by atoms with Crippen molar-refractivity contribution in [2.45, 2.75) is 25.7 Å². The van der Waals surface area contributed by atoms with Crippen molar-refractivity contribution in [3.8, 4) is 0 Å². The van der Waals surface area contributed by atoms with Crippen LogP contribution >= 0.6 is 0 Å². The predicted molar refractivity (Wildman–Crippen MR) is 66.0 cm³/mol. The first-order valence-electron chi connectivity index (χ1n) is 6.63. The molecule has 0 saturated carbocycles. The number of ketones is 2. The molecule has 4 heteroatoms. The van der Waals surface area contributed by atoms with Crippen LogP contribution in [0, 0.1) is 0 Å². The van der Waals surface area contributed by atoms with Crippen LogP contribution in [0.1, 0.15) is 25.7 Å². The van der Waals surface area contributed by atoms with Gasteiger partial charge in [0.05, 0.1) is 18.9 Å². The maximum absolute atomic E-state index is 12.4. The third kappa shape index (κ3) is 1.90. The van der Waals surface area contributed by atoms with Gasteiger partial charge in [-0.3, -0.25) is 9.59 Å². The summed E-state index contributed by atoms with van der Waals surface area (Å²) in [6.45, 7) is 2.66. The van der Waals surface area contributed by atoms with Gasteiger partial charge >= 0.3 is 0 Å². The van der Waals surface area contributed by atoms with Gasteiger partial charge in [-0.25, -0.2) is 0 Å². The van der Waals surface area contributed by atoms with Gasteiger partial charge in [-0.2, -0.15) is 0 Å². The summed E-state index contributed by atoms with van der Waals surface area (Å²) in [6, 6.07) is 0. The fourth-order valence-corrected chi connectivity index (χ4v) is 2.90. The lowest BCUT2D eigenvalue weighted by atomic mass is 9.82. The second-order valence-electron chi connectivity index (χ2n) is 4.99. The number of rotatable bonds is 1. The van der Waals surface area contributed by atoms with E-state index in [1.807, 2.05) is 4.90 Å². The van der Waals surface area contributed by atoms with Crippen molar-refractivity contribution in [1.82, 2.24) is 4.90 Å². The minimum atomic E-state index is 0.0470. The Morgan fingerprint density at radius 3 is 2.39 bits per heavy atom. The topological polar surface area (TPSA) is 46.6 Å². The molecule has 0 radical (unpaired) electrons. The summed E-state index contributed by atoms with van der Waals surface area (Å²) in [6.07, 6.45) is 5.12. The van der Waals surface area contributed by atoms with Crippen molar-refractivity contribution >= 4 is 11.6 Å². The number of hydrogen-bond acceptors (Lipinski definition) is 4. The molecule has 0 spiro atoms. The van der Waals surface area contributed by atoms with Gasteiger partial charge in [-0.1, -0.05) is 0 Å². The number of morpholine rings is 1. The summed E-state index contributed by atoms with van der Waals surface area (Å²) < 4.78 is 5.28. The van der Waals surface area contributed by atoms with Gasteiger partial charge in [0.2, 0.25) is 5.78 Å². The summed E-state index contributed by atoms with van der Waals surface area (Å²) in [5.74, 6) is 0.122. The highest BCUT2D eigenvalue weighted by molar-refractivity contribution is 6.22. The first kappa shape index (κ1) is 11.7. The molecule has 0 amide bonds. The molecular weight excluding hydrogens is 230 g/mol.